The lowest BCUT2D eigenvalue weighted by Crippen LogP contribution is -2.11. The number of thiophene rings is 1. The van der Waals surface area contributed by atoms with Gasteiger partial charge in [0.15, 0.2) is 0 Å². The van der Waals surface area contributed by atoms with Gasteiger partial charge in [-0.2, -0.15) is 0 Å². The Morgan fingerprint density at radius 3 is 1.93 bits per heavy atom. The summed E-state index contributed by atoms with van der Waals surface area (Å²) in [6, 6.07) is 75.2. The molecule has 0 saturated heterocycles. The van der Waals surface area contributed by atoms with Crippen LogP contribution in [0.15, 0.2) is 206 Å². The van der Waals surface area contributed by atoms with Crippen LogP contribution in [0.2, 0.25) is 0 Å². The second kappa shape index (κ2) is 12.9. The maximum Gasteiger partial charge on any atom is 0.0640 e. The Morgan fingerprint density at radius 1 is 0.400 bits per heavy atom. The quantitative estimate of drug-likeness (QED) is 0.166. The van der Waals surface area contributed by atoms with Crippen LogP contribution in [-0.4, -0.2) is 4.57 Å². The van der Waals surface area contributed by atoms with Crippen LogP contribution in [0.25, 0.3) is 80.7 Å². The summed E-state index contributed by atoms with van der Waals surface area (Å²) in [6.45, 7) is 0. The highest BCUT2D eigenvalue weighted by atomic mass is 32.1. The summed E-state index contributed by atoms with van der Waals surface area (Å²) in [4.78, 5) is 2.48. The van der Waals surface area contributed by atoms with Gasteiger partial charge >= 0.3 is 0 Å². The van der Waals surface area contributed by atoms with Crippen LogP contribution in [-0.2, 0) is 0 Å². The van der Waals surface area contributed by atoms with Crippen molar-refractivity contribution in [3.63, 3.8) is 0 Å². The molecule has 11 rings (SSSR count). The molecule has 0 spiro atoms. The highest BCUT2D eigenvalue weighted by Crippen LogP contribution is 2.49. The van der Waals surface area contributed by atoms with E-state index >= 15 is 0 Å². The molecule has 2 nitrogen and oxygen atoms in total. The van der Waals surface area contributed by atoms with Crippen molar-refractivity contribution < 1.29 is 0 Å². The zero-order chi connectivity index (χ0) is 36.3. The Balaban J connectivity index is 1.23. The lowest BCUT2D eigenvalue weighted by molar-refractivity contribution is 1.18. The van der Waals surface area contributed by atoms with Crippen LogP contribution in [0.5, 0.6) is 0 Å². The summed E-state index contributed by atoms with van der Waals surface area (Å²) < 4.78 is 5.01. The Morgan fingerprint density at radius 2 is 1.04 bits per heavy atom. The first-order valence-corrected chi connectivity index (χ1v) is 19.6. The van der Waals surface area contributed by atoms with Crippen LogP contribution >= 0.6 is 11.3 Å². The average molecular weight is 719 g/mol. The molecule has 0 fully saturated rings. The van der Waals surface area contributed by atoms with E-state index in [1.165, 1.54) is 75.2 Å². The van der Waals surface area contributed by atoms with Crippen LogP contribution in [0.1, 0.15) is 0 Å². The minimum Gasteiger partial charge on any atom is -0.309 e. The van der Waals surface area contributed by atoms with Gasteiger partial charge in [-0.1, -0.05) is 158 Å². The number of hydrogen-bond donors (Lipinski definition) is 0. The molecule has 0 radical (unpaired) electrons. The molecule has 11 aromatic rings. The largest absolute Gasteiger partial charge is 0.309 e. The Kier molecular flexibility index (Phi) is 7.39. The fourth-order valence-electron chi connectivity index (χ4n) is 8.58. The first-order chi connectivity index (χ1) is 27.3. The maximum atomic E-state index is 2.48. The molecule has 0 atom stereocenters. The second-order valence-electron chi connectivity index (χ2n) is 14.1. The van der Waals surface area contributed by atoms with Crippen molar-refractivity contribution in [2.45, 2.75) is 0 Å². The molecule has 0 saturated carbocycles. The summed E-state index contributed by atoms with van der Waals surface area (Å²) in [5, 5.41) is 7.56. The number of hydrogen-bond acceptors (Lipinski definition) is 2. The molecule has 0 aliphatic carbocycles. The fraction of sp³-hybridized carbons (Fsp3) is 0. The van der Waals surface area contributed by atoms with Crippen molar-refractivity contribution in [2.75, 3.05) is 4.90 Å². The van der Waals surface area contributed by atoms with Gasteiger partial charge in [-0.15, -0.1) is 11.3 Å². The van der Waals surface area contributed by atoms with E-state index in [0.717, 1.165) is 22.6 Å². The van der Waals surface area contributed by atoms with E-state index in [2.05, 4.69) is 216 Å². The van der Waals surface area contributed by atoms with Crippen LogP contribution < -0.4 is 4.90 Å². The normalized spacial score (nSPS) is 11.6. The number of aromatic nitrogens is 1. The van der Waals surface area contributed by atoms with Crippen LogP contribution in [0.3, 0.4) is 0 Å². The number of rotatable bonds is 6. The summed E-state index contributed by atoms with van der Waals surface area (Å²) >= 11 is 1.87. The molecule has 258 valence electrons. The van der Waals surface area contributed by atoms with Crippen LogP contribution in [0, 0.1) is 0 Å². The highest BCUT2D eigenvalue weighted by molar-refractivity contribution is 7.26. The van der Waals surface area contributed by atoms with Crippen molar-refractivity contribution in [3.05, 3.63) is 206 Å². The van der Waals surface area contributed by atoms with Gasteiger partial charge in [-0.05, 0) is 76.0 Å². The lowest BCUT2D eigenvalue weighted by Gasteiger charge is -2.28. The predicted molar refractivity (Wildman–Crippen MR) is 237 cm³/mol. The Bertz CT molecular complexity index is 3200. The van der Waals surface area contributed by atoms with Gasteiger partial charge in [-0.25, -0.2) is 0 Å². The molecule has 0 amide bonds. The van der Waals surface area contributed by atoms with E-state index in [0.29, 0.717) is 0 Å². The van der Waals surface area contributed by atoms with Gasteiger partial charge in [0.2, 0.25) is 0 Å². The van der Waals surface area contributed by atoms with Gasteiger partial charge < -0.3 is 9.47 Å². The molecule has 0 aliphatic heterocycles. The van der Waals surface area contributed by atoms with Gasteiger partial charge in [0.25, 0.3) is 0 Å². The molecular formula is C52H34N2S. The number of nitrogens with zero attached hydrogens (tertiary/aromatic N) is 2. The summed E-state index contributed by atoms with van der Waals surface area (Å²) in [5.41, 5.74) is 11.7. The van der Waals surface area contributed by atoms with Crippen molar-refractivity contribution >= 4 is 81.1 Å². The Hall–Kier alpha value is -6.94. The summed E-state index contributed by atoms with van der Waals surface area (Å²) in [5.74, 6) is 0. The molecule has 2 aromatic heterocycles. The van der Waals surface area contributed by atoms with E-state index in [9.17, 15) is 0 Å². The number of benzene rings is 9. The topological polar surface area (TPSA) is 8.17 Å². The molecule has 0 aliphatic rings. The van der Waals surface area contributed by atoms with Gasteiger partial charge in [0.1, 0.15) is 0 Å². The standard InChI is InChI=1S/C52H34N2S/c1-3-16-36(17-4-1)40-23-9-11-28-46(40)54(48-30-15-27-44-42-24-10-12-31-50(42)55-52(44)48)38-32-33-45-49(34-38)53(37-20-5-2-6-21-37)47-29-14-26-43(51(45)47)41-25-13-19-35-18-7-8-22-39(35)41/h1-34H. The summed E-state index contributed by atoms with van der Waals surface area (Å²) in [6.07, 6.45) is 0. The SMILES string of the molecule is c1ccc(-c2ccccc2N(c2ccc3c4c(-c5cccc6ccccc56)cccc4n(-c4ccccc4)c3c2)c2cccc3c2sc2ccccc23)cc1. The molecule has 3 heteroatoms. The molecule has 55 heavy (non-hydrogen) atoms. The van der Waals surface area contributed by atoms with Crippen molar-refractivity contribution in [2.24, 2.45) is 0 Å². The number of anilines is 3. The van der Waals surface area contributed by atoms with E-state index in [1.54, 1.807) is 0 Å². The van der Waals surface area contributed by atoms with Gasteiger partial charge in [-0.3, -0.25) is 0 Å². The third-order valence-electron chi connectivity index (χ3n) is 11.0. The number of fused-ring (bicyclic) bond motifs is 7. The van der Waals surface area contributed by atoms with Crippen molar-refractivity contribution in [1.82, 2.24) is 4.57 Å². The molecule has 9 aromatic carbocycles. The van der Waals surface area contributed by atoms with E-state index in [4.69, 9.17) is 0 Å². The van der Waals surface area contributed by atoms with E-state index < -0.39 is 0 Å². The average Bonchev–Trinajstić information content (AvgIpc) is 3.81. The molecule has 0 unspecified atom stereocenters. The molecular weight excluding hydrogens is 685 g/mol. The minimum atomic E-state index is 1.10. The van der Waals surface area contributed by atoms with E-state index in [-0.39, 0.29) is 0 Å². The molecule has 0 N–H and O–H groups in total. The second-order valence-corrected chi connectivity index (χ2v) is 15.1. The number of para-hydroxylation sites is 2. The maximum absolute atomic E-state index is 2.48. The van der Waals surface area contributed by atoms with Gasteiger partial charge in [0, 0.05) is 43.2 Å². The van der Waals surface area contributed by atoms with Crippen molar-refractivity contribution in [3.8, 4) is 27.9 Å². The third-order valence-corrected chi connectivity index (χ3v) is 12.2. The lowest BCUT2D eigenvalue weighted by atomic mass is 9.94. The molecule has 0 bridgehead atoms. The monoisotopic (exact) mass is 718 g/mol. The zero-order valence-electron chi connectivity index (χ0n) is 29.9. The predicted octanol–water partition coefficient (Wildman–Crippen LogP) is 15.1. The van der Waals surface area contributed by atoms with E-state index in [1.807, 2.05) is 11.3 Å². The first kappa shape index (κ1) is 31.6. The Labute approximate surface area is 323 Å². The first-order valence-electron chi connectivity index (χ1n) is 18.8. The fourth-order valence-corrected chi connectivity index (χ4v) is 9.79. The third kappa shape index (κ3) is 5.09. The molecule has 2 heterocycles. The smallest absolute Gasteiger partial charge is 0.0640 e. The minimum absolute atomic E-state index is 1.10. The highest BCUT2D eigenvalue weighted by Gasteiger charge is 2.23. The van der Waals surface area contributed by atoms with Gasteiger partial charge in [0.05, 0.1) is 27.1 Å². The zero-order valence-corrected chi connectivity index (χ0v) is 30.7. The summed E-state index contributed by atoms with van der Waals surface area (Å²) in [7, 11) is 0. The van der Waals surface area contributed by atoms with Crippen molar-refractivity contribution in [1.29, 1.82) is 0 Å². The van der Waals surface area contributed by atoms with Crippen LogP contribution in [0.4, 0.5) is 17.1 Å².